The average molecular weight is 531 g/mol. The Labute approximate surface area is 219 Å². The van der Waals surface area contributed by atoms with E-state index in [4.69, 9.17) is 0 Å². The third-order valence-corrected chi connectivity index (χ3v) is 7.26. The number of hydrogen-bond donors (Lipinski definition) is 4. The molecule has 4 N–H and O–H groups in total. The molecule has 0 radical (unpaired) electrons. The van der Waals surface area contributed by atoms with Crippen LogP contribution in [0, 0.1) is 11.6 Å². The molecule has 9 nitrogen and oxygen atoms in total. The molecule has 0 saturated carbocycles. The van der Waals surface area contributed by atoms with Crippen LogP contribution in [0.1, 0.15) is 60.1 Å². The molecule has 2 aromatic rings. The highest BCUT2D eigenvalue weighted by molar-refractivity contribution is 5.97. The molecule has 1 aromatic heterocycles. The molecule has 1 saturated heterocycles. The Kier molecular flexibility index (Phi) is 8.55. The van der Waals surface area contributed by atoms with Gasteiger partial charge in [0.1, 0.15) is 23.0 Å². The fourth-order valence-electron chi connectivity index (χ4n) is 5.02. The van der Waals surface area contributed by atoms with Gasteiger partial charge in [-0.1, -0.05) is 12.1 Å². The summed E-state index contributed by atoms with van der Waals surface area (Å²) < 4.78 is 27.9. The summed E-state index contributed by atoms with van der Waals surface area (Å²) in [5, 5.41) is 26.1. The largest absolute Gasteiger partial charge is 0.480 e. The van der Waals surface area contributed by atoms with Gasteiger partial charge in [0.25, 0.3) is 5.91 Å². The number of aryl methyl sites for hydroxylation is 2. The lowest BCUT2D eigenvalue weighted by Gasteiger charge is -2.41. The van der Waals surface area contributed by atoms with E-state index < -0.39 is 40.7 Å². The molecule has 0 aliphatic carbocycles. The zero-order chi connectivity index (χ0) is 27.3. The van der Waals surface area contributed by atoms with Crippen LogP contribution in [-0.2, 0) is 22.4 Å². The van der Waals surface area contributed by atoms with E-state index in [1.54, 1.807) is 4.90 Å². The number of halogens is 2. The van der Waals surface area contributed by atoms with Crippen molar-refractivity contribution in [2.75, 3.05) is 25.0 Å². The van der Waals surface area contributed by atoms with Crippen molar-refractivity contribution < 1.29 is 33.4 Å². The first-order valence-corrected chi connectivity index (χ1v) is 12.9. The Morgan fingerprint density at radius 3 is 2.50 bits per heavy atom. The van der Waals surface area contributed by atoms with Gasteiger partial charge in [0.2, 0.25) is 5.91 Å². The van der Waals surface area contributed by atoms with Crippen LogP contribution in [0.2, 0.25) is 0 Å². The number of carbonyl (C=O) groups excluding carboxylic acids is 2. The number of carbonyl (C=O) groups is 3. The maximum absolute atomic E-state index is 14.0. The maximum atomic E-state index is 14.0. The number of fused-ring (bicyclic) bond motifs is 1. The SMILES string of the molecule is O=C(NC(C(=O)O)C1(O)CCN(C(=O)CCCCc2ccc3c(n2)NCCC3)CC1)c1c(F)cccc1F. The third kappa shape index (κ3) is 6.27. The minimum atomic E-state index is -1.88. The number of rotatable bonds is 9. The molecule has 1 atom stereocenters. The molecule has 0 bridgehead atoms. The summed E-state index contributed by atoms with van der Waals surface area (Å²) in [6.45, 7) is 1.12. The number of carboxylic acids is 1. The lowest BCUT2D eigenvalue weighted by atomic mass is 9.83. The number of nitrogens with one attached hydrogen (secondary N) is 2. The first kappa shape index (κ1) is 27.4. The number of aromatic nitrogens is 1. The zero-order valence-electron chi connectivity index (χ0n) is 21.0. The molecule has 2 aliphatic heterocycles. The summed E-state index contributed by atoms with van der Waals surface area (Å²) in [6, 6.07) is 5.17. The Bertz CT molecular complexity index is 1180. The van der Waals surface area contributed by atoms with Gasteiger partial charge in [-0.3, -0.25) is 9.59 Å². The van der Waals surface area contributed by atoms with Gasteiger partial charge in [0.05, 0.1) is 5.60 Å². The van der Waals surface area contributed by atoms with Crippen molar-refractivity contribution >= 4 is 23.6 Å². The first-order valence-electron chi connectivity index (χ1n) is 12.9. The molecular formula is C27H32F2N4O5. The second kappa shape index (κ2) is 11.8. The minimum absolute atomic E-state index is 0.0983. The van der Waals surface area contributed by atoms with Crippen molar-refractivity contribution in [2.24, 2.45) is 0 Å². The zero-order valence-corrected chi connectivity index (χ0v) is 21.0. The number of pyridine rings is 1. The van der Waals surface area contributed by atoms with Gasteiger partial charge in [-0.15, -0.1) is 0 Å². The molecule has 11 heteroatoms. The van der Waals surface area contributed by atoms with E-state index >= 15 is 0 Å². The van der Waals surface area contributed by atoms with E-state index in [2.05, 4.69) is 21.7 Å². The second-order valence-corrected chi connectivity index (χ2v) is 9.87. The Morgan fingerprint density at radius 2 is 1.82 bits per heavy atom. The van der Waals surface area contributed by atoms with Crippen molar-refractivity contribution in [2.45, 2.75) is 63.0 Å². The number of piperidine rings is 1. The number of carboxylic acid groups (broad SMARTS) is 1. The molecule has 0 spiro atoms. The molecule has 2 aliphatic rings. The molecule has 1 aromatic carbocycles. The Hall–Kier alpha value is -3.60. The summed E-state index contributed by atoms with van der Waals surface area (Å²) in [4.78, 5) is 43.2. The number of aliphatic hydroxyl groups is 1. The van der Waals surface area contributed by atoms with E-state index in [9.17, 15) is 33.4 Å². The van der Waals surface area contributed by atoms with Gasteiger partial charge in [0.15, 0.2) is 6.04 Å². The highest BCUT2D eigenvalue weighted by atomic mass is 19.1. The number of likely N-dealkylation sites (tertiary alicyclic amines) is 1. The first-order chi connectivity index (χ1) is 18.2. The van der Waals surface area contributed by atoms with Gasteiger partial charge < -0.3 is 25.7 Å². The molecule has 38 heavy (non-hydrogen) atoms. The molecular weight excluding hydrogens is 498 g/mol. The van der Waals surface area contributed by atoms with Crippen LogP contribution in [0.3, 0.4) is 0 Å². The van der Waals surface area contributed by atoms with E-state index in [-0.39, 0.29) is 31.8 Å². The number of amides is 2. The van der Waals surface area contributed by atoms with Crippen molar-refractivity contribution in [1.82, 2.24) is 15.2 Å². The standard InChI is InChI=1S/C27H32F2N4O5/c28-19-7-3-8-20(29)22(19)25(35)32-23(26(36)37)27(38)12-15-33(16-13-27)21(34)9-2-1-6-18-11-10-17-5-4-14-30-24(17)31-18/h3,7-8,10-11,23,38H,1-2,4-6,9,12-16H2,(H,30,31)(H,32,35)(H,36,37). The lowest BCUT2D eigenvalue weighted by Crippen LogP contribution is -2.61. The van der Waals surface area contributed by atoms with Crippen molar-refractivity contribution in [3.8, 4) is 0 Å². The summed E-state index contributed by atoms with van der Waals surface area (Å²) in [7, 11) is 0. The third-order valence-electron chi connectivity index (χ3n) is 7.26. The Balaban J connectivity index is 1.26. The van der Waals surface area contributed by atoms with Gasteiger partial charge >= 0.3 is 5.97 Å². The monoisotopic (exact) mass is 530 g/mol. The number of unbranched alkanes of at least 4 members (excludes halogenated alkanes) is 1. The van der Waals surface area contributed by atoms with Crippen molar-refractivity contribution in [3.63, 3.8) is 0 Å². The number of hydrogen-bond acceptors (Lipinski definition) is 6. The maximum Gasteiger partial charge on any atom is 0.329 e. The minimum Gasteiger partial charge on any atom is -0.480 e. The predicted molar refractivity (Wildman–Crippen MR) is 135 cm³/mol. The van der Waals surface area contributed by atoms with Crippen LogP contribution in [0.5, 0.6) is 0 Å². The van der Waals surface area contributed by atoms with Crippen LogP contribution in [0.15, 0.2) is 30.3 Å². The number of aliphatic carboxylic acids is 1. The van der Waals surface area contributed by atoms with E-state index in [1.165, 1.54) is 5.56 Å². The predicted octanol–water partition coefficient (Wildman–Crippen LogP) is 2.67. The molecule has 1 unspecified atom stereocenters. The summed E-state index contributed by atoms with van der Waals surface area (Å²) >= 11 is 0. The summed E-state index contributed by atoms with van der Waals surface area (Å²) in [6.07, 6.45) is 4.42. The van der Waals surface area contributed by atoms with Crippen molar-refractivity contribution in [1.29, 1.82) is 0 Å². The molecule has 204 valence electrons. The van der Waals surface area contributed by atoms with Crippen LogP contribution in [0.25, 0.3) is 0 Å². The van der Waals surface area contributed by atoms with Gasteiger partial charge in [-0.2, -0.15) is 0 Å². The van der Waals surface area contributed by atoms with Gasteiger partial charge in [0, 0.05) is 31.7 Å². The van der Waals surface area contributed by atoms with Crippen LogP contribution in [0.4, 0.5) is 14.6 Å². The van der Waals surface area contributed by atoms with E-state index in [0.717, 1.165) is 61.9 Å². The molecule has 1 fully saturated rings. The summed E-state index contributed by atoms with van der Waals surface area (Å²) in [5.74, 6) is -4.25. The normalized spacial score (nSPS) is 17.2. The number of benzene rings is 1. The fraction of sp³-hybridized carbons (Fsp3) is 0.481. The highest BCUT2D eigenvalue weighted by Gasteiger charge is 2.45. The fourth-order valence-corrected chi connectivity index (χ4v) is 5.02. The molecule has 2 amide bonds. The van der Waals surface area contributed by atoms with Crippen molar-refractivity contribution in [3.05, 3.63) is 58.8 Å². The number of nitrogens with zero attached hydrogens (tertiary/aromatic N) is 2. The second-order valence-electron chi connectivity index (χ2n) is 9.87. The van der Waals surface area contributed by atoms with Gasteiger partial charge in [-0.25, -0.2) is 18.6 Å². The lowest BCUT2D eigenvalue weighted by molar-refractivity contribution is -0.151. The quantitative estimate of drug-likeness (QED) is 0.367. The Morgan fingerprint density at radius 1 is 1.11 bits per heavy atom. The average Bonchev–Trinajstić information content (AvgIpc) is 2.89. The summed E-state index contributed by atoms with van der Waals surface area (Å²) in [5.41, 5.74) is -0.599. The highest BCUT2D eigenvalue weighted by Crippen LogP contribution is 2.28. The van der Waals surface area contributed by atoms with Crippen LogP contribution < -0.4 is 10.6 Å². The molecule has 4 rings (SSSR count). The number of anilines is 1. The van der Waals surface area contributed by atoms with E-state index in [0.29, 0.717) is 12.8 Å². The van der Waals surface area contributed by atoms with Gasteiger partial charge in [-0.05, 0) is 68.7 Å². The smallest absolute Gasteiger partial charge is 0.329 e. The van der Waals surface area contributed by atoms with E-state index in [1.807, 2.05) is 6.07 Å². The van der Waals surface area contributed by atoms with Crippen LogP contribution >= 0.6 is 0 Å². The van der Waals surface area contributed by atoms with Crippen LogP contribution in [-0.4, -0.2) is 69.2 Å². The topological polar surface area (TPSA) is 132 Å². The molecule has 3 heterocycles.